The zero-order chi connectivity index (χ0) is 48.6. The Labute approximate surface area is 413 Å². The van der Waals surface area contributed by atoms with E-state index in [2.05, 4.69) is 118 Å². The van der Waals surface area contributed by atoms with Gasteiger partial charge in [0.1, 0.15) is 13.2 Å². The van der Waals surface area contributed by atoms with Gasteiger partial charge in [0, 0.05) is 19.3 Å². The minimum absolute atomic E-state index is 0.0945. The standard InChI is InChI=1S/C61H102O6/c1-4-7-10-13-16-19-22-25-28-30-33-36-39-42-45-48-51-54-60(63)66-57-58(56-65-59(62)53-50-47-44-41-38-35-32-27-24-21-18-15-12-9-6-3)67-61(64)55-52-49-46-43-40-37-34-31-29-26-23-20-17-14-11-8-5-2/h7-8,10-11,16-17,19-20,25-26,28-29,33-34,36-37,58H,4-6,9,12-15,18,21-24,27,30-32,35,38-57H2,1-3H3/b10-7-,11-8-,19-16-,20-17-,28-25-,29-26-,36-33-,37-34-/t58-/m0/s1. The van der Waals surface area contributed by atoms with Crippen LogP contribution in [0.1, 0.15) is 252 Å². The van der Waals surface area contributed by atoms with Crippen LogP contribution in [-0.4, -0.2) is 37.2 Å². The molecule has 0 aromatic heterocycles. The lowest BCUT2D eigenvalue weighted by Crippen LogP contribution is -2.30. The first-order valence-electron chi connectivity index (χ1n) is 27.7. The molecule has 0 bridgehead atoms. The molecule has 0 aromatic rings. The van der Waals surface area contributed by atoms with Gasteiger partial charge in [-0.25, -0.2) is 0 Å². The largest absolute Gasteiger partial charge is 0.462 e. The van der Waals surface area contributed by atoms with Crippen molar-refractivity contribution in [1.82, 2.24) is 0 Å². The lowest BCUT2D eigenvalue weighted by molar-refractivity contribution is -0.167. The van der Waals surface area contributed by atoms with E-state index in [0.29, 0.717) is 19.3 Å². The Morgan fingerprint density at radius 1 is 0.313 bits per heavy atom. The SMILES string of the molecule is CC/C=C\C/C=C\C/C=C\C/C=C\CCCCCCC(=O)OC[C@H](COC(=O)CCCCCCCCCCCCCCCCC)OC(=O)CCCCCC/C=C\C/C=C\C/C=C\C/C=C\CC. The van der Waals surface area contributed by atoms with E-state index < -0.39 is 6.10 Å². The van der Waals surface area contributed by atoms with E-state index in [0.717, 1.165) is 135 Å². The van der Waals surface area contributed by atoms with Crippen LogP contribution in [0.15, 0.2) is 97.2 Å². The zero-order valence-electron chi connectivity index (χ0n) is 43.6. The Hall–Kier alpha value is -3.67. The summed E-state index contributed by atoms with van der Waals surface area (Å²) in [5.41, 5.74) is 0. The van der Waals surface area contributed by atoms with Crippen LogP contribution in [0.5, 0.6) is 0 Å². The van der Waals surface area contributed by atoms with Gasteiger partial charge in [-0.15, -0.1) is 0 Å². The molecule has 0 aliphatic carbocycles. The molecule has 67 heavy (non-hydrogen) atoms. The summed E-state index contributed by atoms with van der Waals surface area (Å²) in [6, 6.07) is 0. The molecule has 6 nitrogen and oxygen atoms in total. The molecule has 0 fully saturated rings. The number of unbranched alkanes of at least 4 members (excludes halogenated alkanes) is 22. The fourth-order valence-electron chi connectivity index (χ4n) is 7.48. The van der Waals surface area contributed by atoms with Crippen molar-refractivity contribution in [2.75, 3.05) is 13.2 Å². The van der Waals surface area contributed by atoms with Gasteiger partial charge >= 0.3 is 17.9 Å². The third-order valence-electron chi connectivity index (χ3n) is 11.6. The van der Waals surface area contributed by atoms with Gasteiger partial charge in [0.2, 0.25) is 0 Å². The molecule has 0 unspecified atom stereocenters. The van der Waals surface area contributed by atoms with Crippen molar-refractivity contribution in [3.63, 3.8) is 0 Å². The number of ether oxygens (including phenoxy) is 3. The first-order chi connectivity index (χ1) is 33.0. The van der Waals surface area contributed by atoms with E-state index in [1.165, 1.54) is 77.0 Å². The van der Waals surface area contributed by atoms with Gasteiger partial charge in [-0.05, 0) is 96.3 Å². The number of rotatable bonds is 49. The molecule has 0 saturated carbocycles. The van der Waals surface area contributed by atoms with Crippen LogP contribution >= 0.6 is 0 Å². The molecular weight excluding hydrogens is 829 g/mol. The molecule has 0 aliphatic rings. The number of hydrogen-bond donors (Lipinski definition) is 0. The van der Waals surface area contributed by atoms with Gasteiger partial charge in [0.15, 0.2) is 6.10 Å². The summed E-state index contributed by atoms with van der Waals surface area (Å²) in [5, 5.41) is 0. The summed E-state index contributed by atoms with van der Waals surface area (Å²) in [6.45, 7) is 6.38. The smallest absolute Gasteiger partial charge is 0.306 e. The lowest BCUT2D eigenvalue weighted by Gasteiger charge is -2.18. The van der Waals surface area contributed by atoms with Crippen LogP contribution < -0.4 is 0 Å². The summed E-state index contributed by atoms with van der Waals surface area (Å²) in [5.74, 6) is -0.940. The van der Waals surface area contributed by atoms with Crippen molar-refractivity contribution in [1.29, 1.82) is 0 Å². The average molecular weight is 931 g/mol. The third kappa shape index (κ3) is 53.2. The van der Waals surface area contributed by atoms with Crippen LogP contribution in [0.4, 0.5) is 0 Å². The van der Waals surface area contributed by atoms with E-state index in [9.17, 15) is 14.4 Å². The summed E-state index contributed by atoms with van der Waals surface area (Å²) in [7, 11) is 0. The van der Waals surface area contributed by atoms with Crippen molar-refractivity contribution < 1.29 is 28.6 Å². The monoisotopic (exact) mass is 931 g/mol. The van der Waals surface area contributed by atoms with Gasteiger partial charge in [-0.1, -0.05) is 234 Å². The van der Waals surface area contributed by atoms with Gasteiger partial charge in [0.05, 0.1) is 0 Å². The maximum Gasteiger partial charge on any atom is 0.306 e. The van der Waals surface area contributed by atoms with Gasteiger partial charge in [-0.2, -0.15) is 0 Å². The van der Waals surface area contributed by atoms with Crippen molar-refractivity contribution in [2.24, 2.45) is 0 Å². The Morgan fingerprint density at radius 3 is 0.910 bits per heavy atom. The van der Waals surface area contributed by atoms with Gasteiger partial charge in [-0.3, -0.25) is 14.4 Å². The molecule has 0 radical (unpaired) electrons. The highest BCUT2D eigenvalue weighted by molar-refractivity contribution is 5.71. The predicted molar refractivity (Wildman–Crippen MR) is 288 cm³/mol. The molecule has 0 heterocycles. The second-order valence-corrected chi connectivity index (χ2v) is 18.1. The summed E-state index contributed by atoms with van der Waals surface area (Å²) in [4.78, 5) is 38.1. The number of carbonyl (C=O) groups excluding carboxylic acids is 3. The van der Waals surface area contributed by atoms with Crippen molar-refractivity contribution in [2.45, 2.75) is 258 Å². The molecular formula is C61H102O6. The van der Waals surface area contributed by atoms with E-state index in [1.54, 1.807) is 0 Å². The first kappa shape index (κ1) is 63.3. The highest BCUT2D eigenvalue weighted by Gasteiger charge is 2.19. The van der Waals surface area contributed by atoms with Crippen LogP contribution in [0, 0.1) is 0 Å². The second-order valence-electron chi connectivity index (χ2n) is 18.1. The Kier molecular flexibility index (Phi) is 51.9. The van der Waals surface area contributed by atoms with Gasteiger partial charge < -0.3 is 14.2 Å². The normalized spacial score (nSPS) is 12.8. The molecule has 0 aromatic carbocycles. The molecule has 0 N–H and O–H groups in total. The third-order valence-corrected chi connectivity index (χ3v) is 11.6. The van der Waals surface area contributed by atoms with Crippen molar-refractivity contribution in [3.8, 4) is 0 Å². The molecule has 0 aliphatic heterocycles. The number of allylic oxidation sites excluding steroid dienone is 16. The maximum atomic E-state index is 12.8. The van der Waals surface area contributed by atoms with Crippen molar-refractivity contribution in [3.05, 3.63) is 97.2 Å². The molecule has 0 saturated heterocycles. The lowest BCUT2D eigenvalue weighted by atomic mass is 10.0. The number of carbonyl (C=O) groups is 3. The van der Waals surface area contributed by atoms with E-state index in [-0.39, 0.29) is 31.1 Å². The fourth-order valence-corrected chi connectivity index (χ4v) is 7.48. The number of hydrogen-bond acceptors (Lipinski definition) is 6. The quantitative estimate of drug-likeness (QED) is 0.0262. The zero-order valence-corrected chi connectivity index (χ0v) is 43.6. The first-order valence-corrected chi connectivity index (χ1v) is 27.7. The summed E-state index contributed by atoms with van der Waals surface area (Å²) >= 11 is 0. The fraction of sp³-hybridized carbons (Fsp3) is 0.689. The van der Waals surface area contributed by atoms with Crippen LogP contribution in [0.3, 0.4) is 0 Å². The minimum Gasteiger partial charge on any atom is -0.462 e. The average Bonchev–Trinajstić information content (AvgIpc) is 3.33. The maximum absolute atomic E-state index is 12.8. The molecule has 0 spiro atoms. The minimum atomic E-state index is -0.800. The molecule has 0 amide bonds. The van der Waals surface area contributed by atoms with Crippen LogP contribution in [-0.2, 0) is 28.6 Å². The van der Waals surface area contributed by atoms with Crippen LogP contribution in [0.25, 0.3) is 0 Å². The molecule has 1 atom stereocenters. The molecule has 382 valence electrons. The Bertz CT molecular complexity index is 1350. The predicted octanol–water partition coefficient (Wildman–Crippen LogP) is 18.5. The molecule has 6 heteroatoms. The van der Waals surface area contributed by atoms with E-state index in [4.69, 9.17) is 14.2 Å². The highest BCUT2D eigenvalue weighted by Crippen LogP contribution is 2.15. The number of esters is 3. The second kappa shape index (κ2) is 54.9. The van der Waals surface area contributed by atoms with E-state index in [1.807, 2.05) is 0 Å². The van der Waals surface area contributed by atoms with Crippen LogP contribution in [0.2, 0.25) is 0 Å². The Morgan fingerprint density at radius 2 is 0.582 bits per heavy atom. The van der Waals surface area contributed by atoms with Gasteiger partial charge in [0.25, 0.3) is 0 Å². The summed E-state index contributed by atoms with van der Waals surface area (Å²) in [6.07, 6.45) is 72.5. The summed E-state index contributed by atoms with van der Waals surface area (Å²) < 4.78 is 16.8. The Balaban J connectivity index is 4.48. The highest BCUT2D eigenvalue weighted by atomic mass is 16.6. The molecule has 0 rings (SSSR count). The van der Waals surface area contributed by atoms with E-state index >= 15 is 0 Å². The van der Waals surface area contributed by atoms with Crippen molar-refractivity contribution >= 4 is 17.9 Å². The topological polar surface area (TPSA) is 78.9 Å².